The number of nitrogens with one attached hydrogen (secondary N) is 2. The van der Waals surface area contributed by atoms with Crippen molar-refractivity contribution in [1.82, 2.24) is 10.6 Å². The van der Waals surface area contributed by atoms with E-state index in [-0.39, 0.29) is 11.9 Å². The number of benzene rings is 1. The van der Waals surface area contributed by atoms with Crippen LogP contribution in [0, 0.1) is 17.2 Å². The highest BCUT2D eigenvalue weighted by Crippen LogP contribution is 2.14. The molecule has 1 heterocycles. The average Bonchev–Trinajstić information content (AvgIpc) is 2.83. The van der Waals surface area contributed by atoms with Gasteiger partial charge in [0.25, 0.3) is 0 Å². The topological polar surface area (TPSA) is 64.9 Å². The van der Waals surface area contributed by atoms with E-state index in [2.05, 4.69) is 23.6 Å². The average molecular weight is 243 g/mol. The summed E-state index contributed by atoms with van der Waals surface area (Å²) in [6.07, 6.45) is 1.05. The fraction of sp³-hybridized carbons (Fsp3) is 0.429. The lowest BCUT2D eigenvalue weighted by atomic mass is 10.0. The van der Waals surface area contributed by atoms with E-state index in [9.17, 15) is 4.79 Å². The van der Waals surface area contributed by atoms with Crippen molar-refractivity contribution in [1.29, 1.82) is 5.26 Å². The van der Waals surface area contributed by atoms with Gasteiger partial charge in [-0.05, 0) is 36.6 Å². The molecule has 0 bridgehead atoms. The third kappa shape index (κ3) is 2.88. The molecule has 2 atom stereocenters. The number of rotatable bonds is 3. The van der Waals surface area contributed by atoms with Gasteiger partial charge < -0.3 is 10.6 Å². The van der Waals surface area contributed by atoms with E-state index in [4.69, 9.17) is 5.26 Å². The maximum atomic E-state index is 11.9. The van der Waals surface area contributed by atoms with Gasteiger partial charge in [-0.25, -0.2) is 0 Å². The van der Waals surface area contributed by atoms with Crippen LogP contribution in [0.3, 0.4) is 0 Å². The van der Waals surface area contributed by atoms with Crippen LogP contribution in [0.2, 0.25) is 0 Å². The Bertz CT molecular complexity index is 461. The Morgan fingerprint density at radius 2 is 2.22 bits per heavy atom. The van der Waals surface area contributed by atoms with Crippen LogP contribution in [0.1, 0.15) is 24.5 Å². The van der Waals surface area contributed by atoms with E-state index in [1.165, 1.54) is 0 Å². The number of carbonyl (C=O) groups is 1. The molecule has 0 aromatic heterocycles. The Morgan fingerprint density at radius 3 is 2.78 bits per heavy atom. The molecule has 1 aromatic rings. The molecular weight excluding hydrogens is 226 g/mol. The van der Waals surface area contributed by atoms with Gasteiger partial charge in [0, 0.05) is 6.54 Å². The van der Waals surface area contributed by atoms with Crippen molar-refractivity contribution in [2.75, 3.05) is 6.54 Å². The summed E-state index contributed by atoms with van der Waals surface area (Å²) in [7, 11) is 0. The second-order valence-electron chi connectivity index (χ2n) is 4.72. The largest absolute Gasteiger partial charge is 0.351 e. The van der Waals surface area contributed by atoms with E-state index >= 15 is 0 Å². The summed E-state index contributed by atoms with van der Waals surface area (Å²) in [6.45, 7) is 3.51. The van der Waals surface area contributed by atoms with Crippen LogP contribution >= 0.6 is 0 Å². The van der Waals surface area contributed by atoms with Gasteiger partial charge in [0.15, 0.2) is 0 Å². The molecule has 0 saturated carbocycles. The van der Waals surface area contributed by atoms with Gasteiger partial charge in [-0.15, -0.1) is 0 Å². The van der Waals surface area contributed by atoms with Gasteiger partial charge in [-0.3, -0.25) is 4.79 Å². The zero-order valence-electron chi connectivity index (χ0n) is 10.4. The number of carbonyl (C=O) groups excluding carboxylic acids is 1. The summed E-state index contributed by atoms with van der Waals surface area (Å²) >= 11 is 0. The summed E-state index contributed by atoms with van der Waals surface area (Å²) < 4.78 is 0. The van der Waals surface area contributed by atoms with Crippen molar-refractivity contribution in [3.8, 4) is 6.07 Å². The van der Waals surface area contributed by atoms with Gasteiger partial charge >= 0.3 is 0 Å². The summed E-state index contributed by atoms with van der Waals surface area (Å²) in [5.74, 6) is 0.454. The Morgan fingerprint density at radius 1 is 1.50 bits per heavy atom. The highest BCUT2D eigenvalue weighted by molar-refractivity contribution is 5.82. The number of hydrogen-bond acceptors (Lipinski definition) is 3. The monoisotopic (exact) mass is 243 g/mol. The maximum absolute atomic E-state index is 11.9. The van der Waals surface area contributed by atoms with E-state index < -0.39 is 0 Å². The van der Waals surface area contributed by atoms with E-state index in [0.29, 0.717) is 18.0 Å². The third-order valence-electron chi connectivity index (χ3n) is 3.37. The molecule has 1 fully saturated rings. The number of amides is 1. The Labute approximate surface area is 107 Å². The molecule has 1 aliphatic rings. The first-order valence-corrected chi connectivity index (χ1v) is 6.21. The number of nitriles is 1. The molecule has 18 heavy (non-hydrogen) atoms. The molecule has 94 valence electrons. The zero-order chi connectivity index (χ0) is 13.0. The quantitative estimate of drug-likeness (QED) is 0.837. The molecule has 0 spiro atoms. The second kappa shape index (κ2) is 5.65. The molecule has 0 aliphatic carbocycles. The van der Waals surface area contributed by atoms with Crippen molar-refractivity contribution in [3.05, 3.63) is 35.4 Å². The number of nitrogens with zero attached hydrogens (tertiary/aromatic N) is 1. The molecule has 0 radical (unpaired) electrons. The summed E-state index contributed by atoms with van der Waals surface area (Å²) in [6, 6.07) is 9.26. The van der Waals surface area contributed by atoms with Crippen molar-refractivity contribution >= 4 is 5.91 Å². The smallest absolute Gasteiger partial charge is 0.237 e. The van der Waals surface area contributed by atoms with Crippen LogP contribution in [0.5, 0.6) is 0 Å². The minimum atomic E-state index is -0.0663. The van der Waals surface area contributed by atoms with Crippen LogP contribution < -0.4 is 10.6 Å². The first-order chi connectivity index (χ1) is 8.70. The molecule has 1 aromatic carbocycles. The first kappa shape index (κ1) is 12.6. The minimum absolute atomic E-state index is 0.0596. The molecule has 2 unspecified atom stereocenters. The fourth-order valence-corrected chi connectivity index (χ4v) is 2.18. The Kier molecular flexibility index (Phi) is 3.96. The summed E-state index contributed by atoms with van der Waals surface area (Å²) in [5.41, 5.74) is 1.64. The van der Waals surface area contributed by atoms with E-state index in [0.717, 1.165) is 18.5 Å². The maximum Gasteiger partial charge on any atom is 0.237 e. The lowest BCUT2D eigenvalue weighted by Crippen LogP contribution is -2.42. The molecule has 1 aliphatic heterocycles. The zero-order valence-corrected chi connectivity index (χ0v) is 10.4. The van der Waals surface area contributed by atoms with Crippen molar-refractivity contribution in [3.63, 3.8) is 0 Å². The fourth-order valence-electron chi connectivity index (χ4n) is 2.18. The molecule has 2 rings (SSSR count). The van der Waals surface area contributed by atoms with Gasteiger partial charge in [0.05, 0.1) is 17.7 Å². The first-order valence-electron chi connectivity index (χ1n) is 6.21. The number of hydrogen-bond donors (Lipinski definition) is 2. The molecule has 4 nitrogen and oxygen atoms in total. The molecule has 1 amide bonds. The van der Waals surface area contributed by atoms with Gasteiger partial charge in [-0.2, -0.15) is 5.26 Å². The summed E-state index contributed by atoms with van der Waals surface area (Å²) in [4.78, 5) is 11.9. The molecule has 2 N–H and O–H groups in total. The predicted molar refractivity (Wildman–Crippen MR) is 68.6 cm³/mol. The minimum Gasteiger partial charge on any atom is -0.351 e. The van der Waals surface area contributed by atoms with Crippen LogP contribution in [0.25, 0.3) is 0 Å². The lowest BCUT2D eigenvalue weighted by Gasteiger charge is -2.15. The van der Waals surface area contributed by atoms with Crippen LogP contribution in [-0.4, -0.2) is 18.5 Å². The third-order valence-corrected chi connectivity index (χ3v) is 3.37. The Balaban J connectivity index is 1.87. The van der Waals surface area contributed by atoms with Gasteiger partial charge in [0.2, 0.25) is 5.91 Å². The van der Waals surface area contributed by atoms with Crippen molar-refractivity contribution in [2.24, 2.45) is 5.92 Å². The van der Waals surface area contributed by atoms with E-state index in [1.807, 2.05) is 12.1 Å². The van der Waals surface area contributed by atoms with Gasteiger partial charge in [-0.1, -0.05) is 19.1 Å². The molecule has 1 saturated heterocycles. The second-order valence-corrected chi connectivity index (χ2v) is 4.72. The Hall–Kier alpha value is -1.86. The standard InChI is InChI=1S/C14H17N3O/c1-10-6-7-16-13(10)14(18)17-9-12-4-2-11(8-15)3-5-12/h2-5,10,13,16H,6-7,9H2,1H3,(H,17,18). The van der Waals surface area contributed by atoms with Gasteiger partial charge in [0.1, 0.15) is 0 Å². The highest BCUT2D eigenvalue weighted by atomic mass is 16.2. The van der Waals surface area contributed by atoms with Crippen LogP contribution in [-0.2, 0) is 11.3 Å². The SMILES string of the molecule is CC1CCNC1C(=O)NCc1ccc(C#N)cc1. The van der Waals surface area contributed by atoms with Crippen molar-refractivity contribution in [2.45, 2.75) is 25.9 Å². The summed E-state index contributed by atoms with van der Waals surface area (Å²) in [5, 5.41) is 14.8. The lowest BCUT2D eigenvalue weighted by molar-refractivity contribution is -0.123. The normalized spacial score (nSPS) is 22.4. The molecular formula is C14H17N3O. The predicted octanol–water partition coefficient (Wildman–Crippen LogP) is 1.17. The molecule has 4 heteroatoms. The van der Waals surface area contributed by atoms with E-state index in [1.54, 1.807) is 12.1 Å². The highest BCUT2D eigenvalue weighted by Gasteiger charge is 2.28. The van der Waals surface area contributed by atoms with Crippen LogP contribution in [0.15, 0.2) is 24.3 Å². The van der Waals surface area contributed by atoms with Crippen molar-refractivity contribution < 1.29 is 4.79 Å². The van der Waals surface area contributed by atoms with Crippen LogP contribution in [0.4, 0.5) is 0 Å².